The zero-order valence-electron chi connectivity index (χ0n) is 15.8. The zero-order valence-corrected chi connectivity index (χ0v) is 18.9. The molecule has 0 radical (unpaired) electrons. The fourth-order valence-electron chi connectivity index (χ4n) is 4.73. The molecule has 2 N–H and O–H groups in total. The highest BCUT2D eigenvalue weighted by Crippen LogP contribution is 2.44. The summed E-state index contributed by atoms with van der Waals surface area (Å²) < 4.78 is 25.1. The lowest BCUT2D eigenvalue weighted by Gasteiger charge is -2.25. The van der Waals surface area contributed by atoms with E-state index in [2.05, 4.69) is 15.7 Å². The summed E-state index contributed by atoms with van der Waals surface area (Å²) in [4.78, 5) is 4.72. The van der Waals surface area contributed by atoms with Crippen LogP contribution in [0.25, 0.3) is 0 Å². The van der Waals surface area contributed by atoms with E-state index in [4.69, 9.17) is 4.99 Å². The van der Waals surface area contributed by atoms with Crippen molar-refractivity contribution in [3.63, 3.8) is 0 Å². The van der Waals surface area contributed by atoms with Crippen molar-refractivity contribution < 1.29 is 8.42 Å². The van der Waals surface area contributed by atoms with Gasteiger partial charge in [0.05, 0.1) is 23.7 Å². The average molecular weight is 507 g/mol. The summed E-state index contributed by atoms with van der Waals surface area (Å²) in [5.41, 5.74) is 0.935. The smallest absolute Gasteiger partial charge is 0.191 e. The first-order valence-electron chi connectivity index (χ1n) is 9.70. The number of guanidine groups is 1. The molecule has 3 aliphatic rings. The lowest BCUT2D eigenvalue weighted by atomic mass is 9.95. The average Bonchev–Trinajstić information content (AvgIpc) is 3.35. The molecule has 1 aromatic heterocycles. The lowest BCUT2D eigenvalue weighted by Crippen LogP contribution is -2.47. The van der Waals surface area contributed by atoms with Crippen LogP contribution < -0.4 is 10.6 Å². The van der Waals surface area contributed by atoms with Crippen LogP contribution in [0.15, 0.2) is 17.3 Å². The van der Waals surface area contributed by atoms with E-state index in [-0.39, 0.29) is 29.9 Å². The number of halogens is 1. The number of hydrogen-bond donors (Lipinski definition) is 2. The van der Waals surface area contributed by atoms with Crippen LogP contribution in [0.3, 0.4) is 0 Å². The first kappa shape index (κ1) is 20.9. The van der Waals surface area contributed by atoms with E-state index in [1.165, 1.54) is 25.7 Å². The molecule has 9 heteroatoms. The molecule has 4 atom stereocenters. The summed E-state index contributed by atoms with van der Waals surface area (Å²) in [6, 6.07) is 2.47. The molecule has 3 fully saturated rings. The van der Waals surface area contributed by atoms with Crippen LogP contribution in [0.2, 0.25) is 0 Å². The second-order valence-electron chi connectivity index (χ2n) is 8.22. The molecule has 152 valence electrons. The maximum atomic E-state index is 11.7. The van der Waals surface area contributed by atoms with Gasteiger partial charge in [0.25, 0.3) is 0 Å². The number of rotatable bonds is 5. The van der Waals surface area contributed by atoms with Crippen molar-refractivity contribution >= 4 is 39.8 Å². The molecule has 0 amide bonds. The number of nitrogens with zero attached hydrogens (tertiary/aromatic N) is 3. The van der Waals surface area contributed by atoms with Crippen LogP contribution in [0.1, 0.15) is 37.8 Å². The number of aryl methyl sites for hydroxylation is 1. The molecule has 4 unspecified atom stereocenters. The summed E-state index contributed by atoms with van der Waals surface area (Å²) in [5, 5.41) is 11.4. The van der Waals surface area contributed by atoms with Crippen LogP contribution in [0.4, 0.5) is 0 Å². The maximum absolute atomic E-state index is 11.7. The summed E-state index contributed by atoms with van der Waals surface area (Å²) in [5.74, 6) is 3.23. The van der Waals surface area contributed by atoms with Crippen LogP contribution in [-0.4, -0.2) is 48.3 Å². The predicted octanol–water partition coefficient (Wildman–Crippen LogP) is 1.70. The fraction of sp³-hybridized carbons (Fsp3) is 0.778. The van der Waals surface area contributed by atoms with Crippen molar-refractivity contribution in [2.45, 2.75) is 44.7 Å². The summed E-state index contributed by atoms with van der Waals surface area (Å²) >= 11 is 0. The standard InChI is InChI=1S/C18H29N5O2S.HI/c1-23-6-4-16(22-23)11-20-18(19-10-14-5-7-26(24,25)12-14)21-17-9-13-2-3-15(17)8-13;/h4,6,13-15,17H,2-3,5,7-12H2,1H3,(H2,19,20,21);1H. The van der Waals surface area contributed by atoms with Crippen molar-refractivity contribution in [3.8, 4) is 0 Å². The van der Waals surface area contributed by atoms with Gasteiger partial charge in [-0.3, -0.25) is 4.68 Å². The zero-order chi connectivity index (χ0) is 18.1. The highest BCUT2D eigenvalue weighted by molar-refractivity contribution is 14.0. The first-order chi connectivity index (χ1) is 12.5. The molecule has 4 rings (SSSR count). The maximum Gasteiger partial charge on any atom is 0.191 e. The van der Waals surface area contributed by atoms with Gasteiger partial charge >= 0.3 is 0 Å². The normalized spacial score (nSPS) is 31.7. The number of aliphatic imine (C=N–C) groups is 1. The van der Waals surface area contributed by atoms with Crippen molar-refractivity contribution in [3.05, 3.63) is 18.0 Å². The molecule has 0 aromatic carbocycles. The summed E-state index contributed by atoms with van der Waals surface area (Å²) in [6.45, 7) is 1.19. The Hall–Kier alpha value is -0.840. The van der Waals surface area contributed by atoms with Gasteiger partial charge in [-0.2, -0.15) is 5.10 Å². The molecule has 2 heterocycles. The Balaban J connectivity index is 0.00000210. The molecule has 2 saturated carbocycles. The molecular formula is C18H30IN5O2S. The third kappa shape index (κ3) is 5.36. The molecule has 1 saturated heterocycles. The quantitative estimate of drug-likeness (QED) is 0.360. The van der Waals surface area contributed by atoms with Gasteiger partial charge in [0.15, 0.2) is 15.8 Å². The number of nitrogens with one attached hydrogen (secondary N) is 2. The van der Waals surface area contributed by atoms with E-state index in [0.29, 0.717) is 30.6 Å². The molecule has 27 heavy (non-hydrogen) atoms. The SMILES string of the molecule is Cn1ccc(CN=C(NCC2CCS(=O)(=O)C2)NC2CC3CCC2C3)n1.I. The summed E-state index contributed by atoms with van der Waals surface area (Å²) in [6.07, 6.45) is 7.92. The van der Waals surface area contributed by atoms with E-state index in [1.54, 1.807) is 4.68 Å². The largest absolute Gasteiger partial charge is 0.356 e. The molecular weight excluding hydrogens is 477 g/mol. The van der Waals surface area contributed by atoms with E-state index >= 15 is 0 Å². The Labute approximate surface area is 178 Å². The minimum Gasteiger partial charge on any atom is -0.356 e. The van der Waals surface area contributed by atoms with Gasteiger partial charge in [-0.1, -0.05) is 6.42 Å². The topological polar surface area (TPSA) is 88.4 Å². The fourth-order valence-corrected chi connectivity index (χ4v) is 6.59. The van der Waals surface area contributed by atoms with E-state index < -0.39 is 9.84 Å². The molecule has 1 aliphatic heterocycles. The number of hydrogen-bond acceptors (Lipinski definition) is 4. The highest BCUT2D eigenvalue weighted by atomic mass is 127. The number of fused-ring (bicyclic) bond motifs is 2. The Morgan fingerprint density at radius 1 is 1.33 bits per heavy atom. The van der Waals surface area contributed by atoms with Gasteiger partial charge < -0.3 is 10.6 Å². The van der Waals surface area contributed by atoms with Gasteiger partial charge in [0.2, 0.25) is 0 Å². The second kappa shape index (κ2) is 8.67. The van der Waals surface area contributed by atoms with E-state index in [0.717, 1.165) is 29.9 Å². The molecule has 2 bridgehead atoms. The Bertz CT molecular complexity index is 778. The molecule has 7 nitrogen and oxygen atoms in total. The van der Waals surface area contributed by atoms with Gasteiger partial charge in [-0.15, -0.1) is 24.0 Å². The van der Waals surface area contributed by atoms with Crippen LogP contribution >= 0.6 is 24.0 Å². The van der Waals surface area contributed by atoms with Crippen LogP contribution in [-0.2, 0) is 23.4 Å². The number of sulfone groups is 1. The minimum atomic E-state index is -2.84. The van der Waals surface area contributed by atoms with Crippen molar-refractivity contribution in [2.75, 3.05) is 18.1 Å². The van der Waals surface area contributed by atoms with Gasteiger partial charge in [0.1, 0.15) is 0 Å². The van der Waals surface area contributed by atoms with Crippen molar-refractivity contribution in [1.82, 2.24) is 20.4 Å². The minimum absolute atomic E-state index is 0. The van der Waals surface area contributed by atoms with Crippen molar-refractivity contribution in [1.29, 1.82) is 0 Å². The number of aromatic nitrogens is 2. The Morgan fingerprint density at radius 3 is 2.78 bits per heavy atom. The third-order valence-corrected chi connectivity index (χ3v) is 7.95. The van der Waals surface area contributed by atoms with E-state index in [9.17, 15) is 8.42 Å². The van der Waals surface area contributed by atoms with Crippen molar-refractivity contribution in [2.24, 2.45) is 29.8 Å². The second-order valence-corrected chi connectivity index (χ2v) is 10.4. The van der Waals surface area contributed by atoms with E-state index in [1.807, 2.05) is 19.3 Å². The Kier molecular flexibility index (Phi) is 6.70. The summed E-state index contributed by atoms with van der Waals surface area (Å²) in [7, 11) is -0.935. The highest BCUT2D eigenvalue weighted by Gasteiger charge is 2.40. The first-order valence-corrected chi connectivity index (χ1v) is 11.5. The van der Waals surface area contributed by atoms with Gasteiger partial charge in [-0.05, 0) is 49.5 Å². The lowest BCUT2D eigenvalue weighted by molar-refractivity contribution is 0.386. The van der Waals surface area contributed by atoms with Gasteiger partial charge in [-0.25, -0.2) is 13.4 Å². The molecule has 2 aliphatic carbocycles. The van der Waals surface area contributed by atoms with Crippen LogP contribution in [0, 0.1) is 17.8 Å². The molecule has 0 spiro atoms. The molecule has 1 aromatic rings. The third-order valence-electron chi connectivity index (χ3n) is 6.11. The van der Waals surface area contributed by atoms with Gasteiger partial charge in [0, 0.05) is 25.8 Å². The monoisotopic (exact) mass is 507 g/mol. The van der Waals surface area contributed by atoms with Crippen LogP contribution in [0.5, 0.6) is 0 Å². The Morgan fingerprint density at radius 2 is 2.19 bits per heavy atom. The predicted molar refractivity (Wildman–Crippen MR) is 117 cm³/mol.